The van der Waals surface area contributed by atoms with Gasteiger partial charge in [0.05, 0.1) is 12.3 Å². The van der Waals surface area contributed by atoms with E-state index < -0.39 is 0 Å². The van der Waals surface area contributed by atoms with Gasteiger partial charge < -0.3 is 15.0 Å². The third-order valence-corrected chi connectivity index (χ3v) is 6.18. The highest BCUT2D eigenvalue weighted by molar-refractivity contribution is 5.92. The molecule has 1 aromatic carbocycles. The Balaban J connectivity index is 1.53. The van der Waals surface area contributed by atoms with Crippen molar-refractivity contribution in [3.63, 3.8) is 0 Å². The lowest BCUT2D eigenvalue weighted by Gasteiger charge is -2.22. The fourth-order valence-electron chi connectivity index (χ4n) is 4.60. The normalized spacial score (nSPS) is 15.5. The minimum absolute atomic E-state index is 0.375. The molecule has 3 aromatic heterocycles. The molecule has 6 nitrogen and oxygen atoms in total. The number of aromatic amines is 1. The molecule has 0 spiro atoms. The molecule has 0 aliphatic carbocycles. The number of H-pyrrole nitrogens is 1. The highest BCUT2D eigenvalue weighted by Gasteiger charge is 2.19. The van der Waals surface area contributed by atoms with Gasteiger partial charge in [-0.15, -0.1) is 0 Å². The summed E-state index contributed by atoms with van der Waals surface area (Å²) in [5.41, 5.74) is 6.74. The summed E-state index contributed by atoms with van der Waals surface area (Å²) in [6.07, 6.45) is 6.04. The van der Waals surface area contributed by atoms with E-state index in [1.54, 1.807) is 6.33 Å². The van der Waals surface area contributed by atoms with Gasteiger partial charge in [-0.05, 0) is 80.1 Å². The van der Waals surface area contributed by atoms with Gasteiger partial charge in [-0.25, -0.2) is 9.50 Å². The summed E-state index contributed by atoms with van der Waals surface area (Å²) in [5.74, 6) is 1.97. The van der Waals surface area contributed by atoms with Crippen molar-refractivity contribution in [2.24, 2.45) is 5.92 Å². The first kappa shape index (κ1) is 19.1. The smallest absolute Gasteiger partial charge is 0.158 e. The molecule has 0 radical (unpaired) electrons. The van der Waals surface area contributed by atoms with Crippen LogP contribution in [-0.4, -0.2) is 39.3 Å². The van der Waals surface area contributed by atoms with Crippen LogP contribution < -0.4 is 10.1 Å². The maximum Gasteiger partial charge on any atom is 0.158 e. The number of piperidine rings is 1. The van der Waals surface area contributed by atoms with Gasteiger partial charge in [0.2, 0.25) is 0 Å². The second kappa shape index (κ2) is 7.76. The SMILES string of the molecule is Cc1cc(-c2[nH]c3ccc(OCC4CCNCC4)cc3c2C(C)C)cn2ncnc12. The molecule has 6 heteroatoms. The molecule has 0 atom stereocenters. The summed E-state index contributed by atoms with van der Waals surface area (Å²) in [4.78, 5) is 8.00. The Morgan fingerprint density at radius 1 is 1.20 bits per heavy atom. The number of rotatable bonds is 5. The van der Waals surface area contributed by atoms with Crippen LogP contribution in [0.25, 0.3) is 27.8 Å². The van der Waals surface area contributed by atoms with Crippen molar-refractivity contribution in [3.05, 3.63) is 47.9 Å². The van der Waals surface area contributed by atoms with Gasteiger partial charge in [-0.2, -0.15) is 5.10 Å². The maximum atomic E-state index is 6.21. The quantitative estimate of drug-likeness (QED) is 0.507. The molecular formula is C24H29N5O. The molecule has 4 aromatic rings. The molecule has 30 heavy (non-hydrogen) atoms. The molecule has 1 aliphatic heterocycles. The minimum Gasteiger partial charge on any atom is -0.493 e. The Kier molecular flexibility index (Phi) is 4.95. The molecule has 1 aliphatic rings. The van der Waals surface area contributed by atoms with Crippen LogP contribution in [-0.2, 0) is 0 Å². The molecule has 5 rings (SSSR count). The first-order chi connectivity index (χ1) is 14.6. The minimum atomic E-state index is 0.375. The molecule has 0 unspecified atom stereocenters. The van der Waals surface area contributed by atoms with E-state index in [1.165, 1.54) is 23.8 Å². The third kappa shape index (κ3) is 3.45. The zero-order valence-corrected chi connectivity index (χ0v) is 17.9. The Labute approximate surface area is 176 Å². The zero-order valence-electron chi connectivity index (χ0n) is 17.9. The van der Waals surface area contributed by atoms with Crippen molar-refractivity contribution in [3.8, 4) is 17.0 Å². The fraction of sp³-hybridized carbons (Fsp3) is 0.417. The monoisotopic (exact) mass is 403 g/mol. The van der Waals surface area contributed by atoms with Gasteiger partial charge in [0, 0.05) is 22.7 Å². The van der Waals surface area contributed by atoms with E-state index >= 15 is 0 Å². The number of hydrogen-bond acceptors (Lipinski definition) is 4. The van der Waals surface area contributed by atoms with Gasteiger partial charge >= 0.3 is 0 Å². The number of ether oxygens (including phenoxy) is 1. The van der Waals surface area contributed by atoms with Crippen molar-refractivity contribution < 1.29 is 4.74 Å². The van der Waals surface area contributed by atoms with E-state index in [9.17, 15) is 0 Å². The average molecular weight is 404 g/mol. The second-order valence-corrected chi connectivity index (χ2v) is 8.72. The average Bonchev–Trinajstić information content (AvgIpc) is 3.37. The highest BCUT2D eigenvalue weighted by atomic mass is 16.5. The molecule has 0 bridgehead atoms. The molecule has 1 fully saturated rings. The number of nitrogens with one attached hydrogen (secondary N) is 2. The second-order valence-electron chi connectivity index (χ2n) is 8.72. The first-order valence-electron chi connectivity index (χ1n) is 10.9. The number of aromatic nitrogens is 4. The maximum absolute atomic E-state index is 6.21. The predicted octanol–water partition coefficient (Wildman–Crippen LogP) is 4.69. The van der Waals surface area contributed by atoms with Crippen molar-refractivity contribution in [1.29, 1.82) is 0 Å². The van der Waals surface area contributed by atoms with Crippen LogP contribution in [0.1, 0.15) is 43.7 Å². The topological polar surface area (TPSA) is 67.2 Å². The van der Waals surface area contributed by atoms with Crippen molar-refractivity contribution in [2.75, 3.05) is 19.7 Å². The molecular weight excluding hydrogens is 374 g/mol. The number of hydrogen-bond donors (Lipinski definition) is 2. The van der Waals surface area contributed by atoms with Crippen LogP contribution in [0.5, 0.6) is 5.75 Å². The molecule has 4 heterocycles. The van der Waals surface area contributed by atoms with Crippen LogP contribution in [0.4, 0.5) is 0 Å². The Hall–Kier alpha value is -2.86. The zero-order chi connectivity index (χ0) is 20.7. The van der Waals surface area contributed by atoms with E-state index in [1.807, 2.05) is 4.52 Å². The van der Waals surface area contributed by atoms with E-state index in [-0.39, 0.29) is 0 Å². The summed E-state index contributed by atoms with van der Waals surface area (Å²) >= 11 is 0. The largest absolute Gasteiger partial charge is 0.493 e. The number of nitrogens with zero attached hydrogens (tertiary/aromatic N) is 3. The van der Waals surface area contributed by atoms with Gasteiger partial charge in [0.25, 0.3) is 0 Å². The van der Waals surface area contributed by atoms with Crippen LogP contribution in [0, 0.1) is 12.8 Å². The molecule has 1 saturated heterocycles. The van der Waals surface area contributed by atoms with Crippen LogP contribution in [0.2, 0.25) is 0 Å². The Morgan fingerprint density at radius 3 is 2.83 bits per heavy atom. The van der Waals surface area contributed by atoms with E-state index in [2.05, 4.69) is 71.6 Å². The number of fused-ring (bicyclic) bond motifs is 2. The molecule has 156 valence electrons. The summed E-state index contributed by atoms with van der Waals surface area (Å²) in [6.45, 7) is 9.56. The highest BCUT2D eigenvalue weighted by Crippen LogP contribution is 2.37. The molecule has 0 saturated carbocycles. The van der Waals surface area contributed by atoms with Crippen molar-refractivity contribution in [2.45, 2.75) is 39.5 Å². The van der Waals surface area contributed by atoms with Crippen molar-refractivity contribution >= 4 is 16.6 Å². The van der Waals surface area contributed by atoms with Crippen LogP contribution >= 0.6 is 0 Å². The summed E-state index contributed by atoms with van der Waals surface area (Å²) < 4.78 is 8.06. The third-order valence-electron chi connectivity index (χ3n) is 6.18. The van der Waals surface area contributed by atoms with E-state index in [0.29, 0.717) is 11.8 Å². The van der Waals surface area contributed by atoms with Gasteiger partial charge in [0.1, 0.15) is 12.1 Å². The van der Waals surface area contributed by atoms with Gasteiger partial charge in [-0.1, -0.05) is 13.8 Å². The van der Waals surface area contributed by atoms with E-state index in [4.69, 9.17) is 4.74 Å². The molecule has 2 N–H and O–H groups in total. The standard InChI is InChI=1S/C24H29N5O/c1-15(2)22-20-11-19(30-13-17-6-8-25-9-7-17)4-5-21(20)28-23(22)18-10-16(3)24-26-14-27-29(24)12-18/h4-5,10-12,14-15,17,25,28H,6-9,13H2,1-3H3. The summed E-state index contributed by atoms with van der Waals surface area (Å²) in [5, 5.41) is 9.00. The van der Waals surface area contributed by atoms with Crippen molar-refractivity contribution in [1.82, 2.24) is 24.9 Å². The summed E-state index contributed by atoms with van der Waals surface area (Å²) in [6, 6.07) is 8.62. The van der Waals surface area contributed by atoms with Crippen LogP contribution in [0.15, 0.2) is 36.8 Å². The number of aryl methyl sites for hydroxylation is 1. The fourth-order valence-corrected chi connectivity index (χ4v) is 4.60. The Morgan fingerprint density at radius 2 is 2.03 bits per heavy atom. The lowest BCUT2D eigenvalue weighted by Crippen LogP contribution is -2.30. The first-order valence-corrected chi connectivity index (χ1v) is 10.9. The van der Waals surface area contributed by atoms with Gasteiger partial charge in [-0.3, -0.25) is 0 Å². The van der Waals surface area contributed by atoms with Gasteiger partial charge in [0.15, 0.2) is 5.65 Å². The lowest BCUT2D eigenvalue weighted by atomic mass is 9.96. The lowest BCUT2D eigenvalue weighted by molar-refractivity contribution is 0.215. The van der Waals surface area contributed by atoms with Crippen LogP contribution in [0.3, 0.4) is 0 Å². The summed E-state index contributed by atoms with van der Waals surface area (Å²) in [7, 11) is 0. The predicted molar refractivity (Wildman–Crippen MR) is 120 cm³/mol. The number of pyridine rings is 1. The molecule has 0 amide bonds. The number of benzene rings is 1. The van der Waals surface area contributed by atoms with E-state index in [0.717, 1.165) is 53.4 Å². The Bertz CT molecular complexity index is 1180.